The standard InChI is InChI=1S/C16H16FNS/c17-12-5-3-4-11(8-12)9-15(18)14-10-19-16-7-2-1-6-13(14)16/h1-8,14-15H,9-10,18H2. The fraction of sp³-hybridized carbons (Fsp3) is 0.250. The fourth-order valence-corrected chi connectivity index (χ4v) is 3.97. The lowest BCUT2D eigenvalue weighted by atomic mass is 9.90. The highest BCUT2D eigenvalue weighted by molar-refractivity contribution is 7.99. The lowest BCUT2D eigenvalue weighted by Crippen LogP contribution is -2.30. The van der Waals surface area contributed by atoms with Gasteiger partial charge in [0.2, 0.25) is 0 Å². The van der Waals surface area contributed by atoms with Crippen molar-refractivity contribution < 1.29 is 4.39 Å². The largest absolute Gasteiger partial charge is 0.327 e. The van der Waals surface area contributed by atoms with E-state index in [1.807, 2.05) is 17.8 Å². The maximum absolute atomic E-state index is 13.2. The number of hydrogen-bond donors (Lipinski definition) is 1. The van der Waals surface area contributed by atoms with Crippen LogP contribution in [-0.4, -0.2) is 11.8 Å². The minimum Gasteiger partial charge on any atom is -0.327 e. The second-order valence-electron chi connectivity index (χ2n) is 4.95. The van der Waals surface area contributed by atoms with Crippen LogP contribution in [0.15, 0.2) is 53.4 Å². The number of rotatable bonds is 3. The molecule has 1 aliphatic rings. The van der Waals surface area contributed by atoms with Gasteiger partial charge in [-0.3, -0.25) is 0 Å². The van der Waals surface area contributed by atoms with E-state index in [1.165, 1.54) is 16.5 Å². The molecule has 3 heteroatoms. The summed E-state index contributed by atoms with van der Waals surface area (Å²) in [5, 5.41) is 0. The Labute approximate surface area is 117 Å². The minimum absolute atomic E-state index is 0.0398. The number of nitrogens with two attached hydrogens (primary N) is 1. The molecule has 2 aromatic rings. The maximum atomic E-state index is 13.2. The van der Waals surface area contributed by atoms with Gasteiger partial charge in [-0.2, -0.15) is 0 Å². The maximum Gasteiger partial charge on any atom is 0.123 e. The van der Waals surface area contributed by atoms with E-state index >= 15 is 0 Å². The zero-order valence-electron chi connectivity index (χ0n) is 10.6. The predicted octanol–water partition coefficient (Wildman–Crippen LogP) is 3.59. The van der Waals surface area contributed by atoms with Crippen molar-refractivity contribution in [2.75, 3.05) is 5.75 Å². The van der Waals surface area contributed by atoms with Crippen LogP contribution < -0.4 is 5.73 Å². The molecule has 2 aromatic carbocycles. The lowest BCUT2D eigenvalue weighted by Gasteiger charge is -2.19. The first-order chi connectivity index (χ1) is 9.24. The van der Waals surface area contributed by atoms with Crippen molar-refractivity contribution in [2.24, 2.45) is 5.73 Å². The van der Waals surface area contributed by atoms with E-state index in [9.17, 15) is 4.39 Å². The highest BCUT2D eigenvalue weighted by Gasteiger charge is 2.27. The average molecular weight is 273 g/mol. The van der Waals surface area contributed by atoms with Crippen LogP contribution in [0.25, 0.3) is 0 Å². The molecule has 2 atom stereocenters. The van der Waals surface area contributed by atoms with Gasteiger partial charge in [0.1, 0.15) is 5.82 Å². The van der Waals surface area contributed by atoms with Crippen molar-refractivity contribution in [3.05, 3.63) is 65.5 Å². The van der Waals surface area contributed by atoms with E-state index in [2.05, 4.69) is 24.3 Å². The zero-order valence-corrected chi connectivity index (χ0v) is 11.4. The summed E-state index contributed by atoms with van der Waals surface area (Å²) in [4.78, 5) is 1.34. The summed E-state index contributed by atoms with van der Waals surface area (Å²) in [5.41, 5.74) is 8.66. The Balaban J connectivity index is 1.77. The molecule has 0 saturated carbocycles. The minimum atomic E-state index is -0.189. The second-order valence-corrected chi connectivity index (χ2v) is 6.02. The van der Waals surface area contributed by atoms with Gasteiger partial charge in [-0.1, -0.05) is 30.3 Å². The topological polar surface area (TPSA) is 26.0 Å². The van der Waals surface area contributed by atoms with Crippen molar-refractivity contribution in [2.45, 2.75) is 23.3 Å². The highest BCUT2D eigenvalue weighted by Crippen LogP contribution is 2.41. The molecular weight excluding hydrogens is 257 g/mol. The smallest absolute Gasteiger partial charge is 0.123 e. The fourth-order valence-electron chi connectivity index (χ4n) is 2.62. The first kappa shape index (κ1) is 12.7. The van der Waals surface area contributed by atoms with Crippen LogP contribution in [0.1, 0.15) is 17.0 Å². The van der Waals surface area contributed by atoms with Crippen molar-refractivity contribution in [1.29, 1.82) is 0 Å². The summed E-state index contributed by atoms with van der Waals surface area (Å²) in [6, 6.07) is 15.2. The number of hydrogen-bond acceptors (Lipinski definition) is 2. The van der Waals surface area contributed by atoms with E-state index in [-0.39, 0.29) is 11.9 Å². The Morgan fingerprint density at radius 1 is 1.21 bits per heavy atom. The van der Waals surface area contributed by atoms with Gasteiger partial charge in [-0.05, 0) is 35.7 Å². The first-order valence-electron chi connectivity index (χ1n) is 6.46. The Hall–Kier alpha value is -1.32. The van der Waals surface area contributed by atoms with Crippen molar-refractivity contribution in [1.82, 2.24) is 0 Å². The SMILES string of the molecule is NC(Cc1cccc(F)c1)C1CSc2ccccc21. The summed E-state index contributed by atoms with van der Waals surface area (Å²) in [6.07, 6.45) is 0.720. The molecule has 3 rings (SSSR count). The van der Waals surface area contributed by atoms with Crippen molar-refractivity contribution in [3.8, 4) is 0 Å². The summed E-state index contributed by atoms with van der Waals surface area (Å²) >= 11 is 1.86. The molecule has 0 fully saturated rings. The molecule has 0 radical (unpaired) electrons. The van der Waals surface area contributed by atoms with Crippen LogP contribution in [0, 0.1) is 5.82 Å². The average Bonchev–Trinajstić information content (AvgIpc) is 2.82. The quantitative estimate of drug-likeness (QED) is 0.925. The highest BCUT2D eigenvalue weighted by atomic mass is 32.2. The van der Waals surface area contributed by atoms with E-state index in [0.29, 0.717) is 5.92 Å². The van der Waals surface area contributed by atoms with E-state index in [0.717, 1.165) is 17.7 Å². The van der Waals surface area contributed by atoms with Crippen molar-refractivity contribution in [3.63, 3.8) is 0 Å². The van der Waals surface area contributed by atoms with Gasteiger partial charge in [0.05, 0.1) is 0 Å². The molecule has 98 valence electrons. The van der Waals surface area contributed by atoms with Gasteiger partial charge in [0.25, 0.3) is 0 Å². The normalized spacial score (nSPS) is 19.2. The third kappa shape index (κ3) is 2.67. The molecule has 1 heterocycles. The molecular formula is C16H16FNS. The van der Waals surface area contributed by atoms with Gasteiger partial charge in [-0.25, -0.2) is 4.39 Å². The monoisotopic (exact) mass is 273 g/mol. The van der Waals surface area contributed by atoms with Gasteiger partial charge in [-0.15, -0.1) is 11.8 Å². The van der Waals surface area contributed by atoms with Crippen LogP contribution in [0.2, 0.25) is 0 Å². The van der Waals surface area contributed by atoms with Crippen LogP contribution in [0.3, 0.4) is 0 Å². The summed E-state index contributed by atoms with van der Waals surface area (Å²) in [5.74, 6) is 1.20. The Bertz CT molecular complexity index is 584. The molecule has 0 saturated heterocycles. The summed E-state index contributed by atoms with van der Waals surface area (Å²) in [6.45, 7) is 0. The van der Waals surface area contributed by atoms with Gasteiger partial charge < -0.3 is 5.73 Å². The van der Waals surface area contributed by atoms with Crippen LogP contribution in [0.4, 0.5) is 4.39 Å². The molecule has 1 nitrogen and oxygen atoms in total. The van der Waals surface area contributed by atoms with Gasteiger partial charge in [0.15, 0.2) is 0 Å². The predicted molar refractivity (Wildman–Crippen MR) is 78.0 cm³/mol. The summed E-state index contributed by atoms with van der Waals surface area (Å²) < 4.78 is 13.2. The van der Waals surface area contributed by atoms with Crippen LogP contribution in [-0.2, 0) is 6.42 Å². The second kappa shape index (κ2) is 5.35. The molecule has 19 heavy (non-hydrogen) atoms. The molecule has 0 aromatic heterocycles. The first-order valence-corrected chi connectivity index (χ1v) is 7.44. The van der Waals surface area contributed by atoms with Crippen LogP contribution >= 0.6 is 11.8 Å². The van der Waals surface area contributed by atoms with E-state index in [4.69, 9.17) is 5.73 Å². The molecule has 1 aliphatic heterocycles. The van der Waals surface area contributed by atoms with E-state index in [1.54, 1.807) is 12.1 Å². The van der Waals surface area contributed by atoms with Crippen molar-refractivity contribution >= 4 is 11.8 Å². The molecule has 0 aliphatic carbocycles. The number of benzene rings is 2. The number of halogens is 1. The molecule has 0 spiro atoms. The molecule has 2 N–H and O–H groups in total. The van der Waals surface area contributed by atoms with Gasteiger partial charge >= 0.3 is 0 Å². The lowest BCUT2D eigenvalue weighted by molar-refractivity contribution is 0.567. The summed E-state index contributed by atoms with van der Waals surface area (Å²) in [7, 11) is 0. The van der Waals surface area contributed by atoms with Crippen LogP contribution in [0.5, 0.6) is 0 Å². The molecule has 0 bridgehead atoms. The number of fused-ring (bicyclic) bond motifs is 1. The third-order valence-electron chi connectivity index (χ3n) is 3.61. The number of thioether (sulfide) groups is 1. The van der Waals surface area contributed by atoms with Gasteiger partial charge in [0, 0.05) is 22.6 Å². The Morgan fingerprint density at radius 3 is 2.89 bits per heavy atom. The van der Waals surface area contributed by atoms with E-state index < -0.39 is 0 Å². The molecule has 2 unspecified atom stereocenters. The third-order valence-corrected chi connectivity index (χ3v) is 4.82. The Kier molecular flexibility index (Phi) is 3.58. The Morgan fingerprint density at radius 2 is 2.05 bits per heavy atom. The zero-order chi connectivity index (χ0) is 13.2. The molecule has 0 amide bonds.